The number of furan rings is 1. The monoisotopic (exact) mass is 748 g/mol. The van der Waals surface area contributed by atoms with Gasteiger partial charge in [-0.25, -0.2) is 9.98 Å². The van der Waals surface area contributed by atoms with E-state index < -0.39 is 0 Å². The molecular formula is C51H32N4OS. The zero-order chi connectivity index (χ0) is 37.5. The maximum absolute atomic E-state index is 6.54. The minimum Gasteiger partial charge on any atom is -0.455 e. The molecule has 0 saturated carbocycles. The largest absolute Gasteiger partial charge is 0.455 e. The van der Waals surface area contributed by atoms with E-state index in [1.54, 1.807) is 0 Å². The van der Waals surface area contributed by atoms with Gasteiger partial charge in [0.2, 0.25) is 0 Å². The average Bonchev–Trinajstić information content (AvgIpc) is 3.96. The van der Waals surface area contributed by atoms with Gasteiger partial charge in [-0.05, 0) is 65.7 Å². The van der Waals surface area contributed by atoms with Crippen molar-refractivity contribution in [2.75, 3.05) is 0 Å². The van der Waals surface area contributed by atoms with Crippen LogP contribution in [0.2, 0.25) is 0 Å². The van der Waals surface area contributed by atoms with Crippen molar-refractivity contribution < 1.29 is 4.42 Å². The first-order chi connectivity index (χ1) is 28.2. The number of fused-ring (bicyclic) bond motifs is 10. The fourth-order valence-electron chi connectivity index (χ4n) is 8.58. The molecule has 0 radical (unpaired) electrons. The van der Waals surface area contributed by atoms with Crippen molar-refractivity contribution in [2.45, 2.75) is 6.17 Å². The molecule has 1 atom stereocenters. The maximum atomic E-state index is 6.54. The fourth-order valence-corrected chi connectivity index (χ4v) is 9.82. The van der Waals surface area contributed by atoms with Gasteiger partial charge >= 0.3 is 0 Å². The lowest BCUT2D eigenvalue weighted by Crippen LogP contribution is -2.33. The van der Waals surface area contributed by atoms with Gasteiger partial charge in [-0.3, -0.25) is 0 Å². The zero-order valence-corrected chi connectivity index (χ0v) is 31.4. The molecule has 4 heterocycles. The van der Waals surface area contributed by atoms with Crippen LogP contribution in [0.4, 0.5) is 0 Å². The van der Waals surface area contributed by atoms with Crippen LogP contribution in [-0.4, -0.2) is 16.2 Å². The Kier molecular flexibility index (Phi) is 7.09. The number of para-hydroxylation sites is 3. The number of benzene rings is 8. The molecule has 1 N–H and O–H groups in total. The van der Waals surface area contributed by atoms with Gasteiger partial charge in [0.05, 0.1) is 11.0 Å². The summed E-state index contributed by atoms with van der Waals surface area (Å²) in [7, 11) is 0. The first kappa shape index (κ1) is 32.0. The number of hydrogen-bond donors (Lipinski definition) is 1. The lowest BCUT2D eigenvalue weighted by atomic mass is 9.98. The van der Waals surface area contributed by atoms with Gasteiger partial charge in [0.25, 0.3) is 0 Å². The highest BCUT2D eigenvalue weighted by atomic mass is 32.1. The second-order valence-electron chi connectivity index (χ2n) is 14.6. The minimum atomic E-state index is -0.291. The normalized spacial score (nSPS) is 14.5. The molecule has 3 aromatic heterocycles. The van der Waals surface area contributed by atoms with Crippen LogP contribution in [0, 0.1) is 0 Å². The molecule has 1 aliphatic heterocycles. The second-order valence-corrected chi connectivity index (χ2v) is 15.6. The van der Waals surface area contributed by atoms with Crippen molar-refractivity contribution in [1.82, 2.24) is 9.88 Å². The summed E-state index contributed by atoms with van der Waals surface area (Å²) < 4.78 is 11.4. The summed E-state index contributed by atoms with van der Waals surface area (Å²) in [5, 5.41) is 10.8. The minimum absolute atomic E-state index is 0.291. The van der Waals surface area contributed by atoms with Crippen molar-refractivity contribution in [3.8, 4) is 16.8 Å². The van der Waals surface area contributed by atoms with Gasteiger partial charge in [0.15, 0.2) is 5.84 Å². The van der Waals surface area contributed by atoms with Crippen LogP contribution in [0.3, 0.4) is 0 Å². The molecule has 0 amide bonds. The number of thiophene rings is 1. The summed E-state index contributed by atoms with van der Waals surface area (Å²) in [5.74, 6) is 1.48. The predicted octanol–water partition coefficient (Wildman–Crippen LogP) is 13.2. The molecule has 5 nitrogen and oxygen atoms in total. The molecule has 268 valence electrons. The SMILES string of the molecule is c1ccc(C2N=C(c3ccc(-n4c5ccccc5c5ccccc54)cc3)N=C(c3ccc(-c4cc5c6ccccc6oc5c5c4sc4ccccc45)cc3)N2)cc1. The summed E-state index contributed by atoms with van der Waals surface area (Å²) in [5.41, 5.74) is 10.7. The van der Waals surface area contributed by atoms with E-state index in [0.29, 0.717) is 5.84 Å². The van der Waals surface area contributed by atoms with Gasteiger partial charge in [0.1, 0.15) is 23.2 Å². The first-order valence-corrected chi connectivity index (χ1v) is 20.0. The van der Waals surface area contributed by atoms with E-state index in [9.17, 15) is 0 Å². The fraction of sp³-hybridized carbons (Fsp3) is 0.0196. The Labute approximate surface area is 331 Å². The van der Waals surface area contributed by atoms with E-state index >= 15 is 0 Å². The predicted molar refractivity (Wildman–Crippen MR) is 238 cm³/mol. The number of nitrogens with zero attached hydrogens (tertiary/aromatic N) is 3. The Hall–Kier alpha value is -7.28. The molecule has 0 spiro atoms. The van der Waals surface area contributed by atoms with Crippen LogP contribution >= 0.6 is 11.3 Å². The molecule has 0 aliphatic carbocycles. The third kappa shape index (κ3) is 5.08. The third-order valence-corrected chi connectivity index (χ3v) is 12.5. The quantitative estimate of drug-likeness (QED) is 0.191. The van der Waals surface area contributed by atoms with Crippen LogP contribution in [0.25, 0.3) is 80.7 Å². The maximum Gasteiger partial charge on any atom is 0.159 e. The Morgan fingerprint density at radius 3 is 1.91 bits per heavy atom. The molecule has 1 unspecified atom stereocenters. The highest BCUT2D eigenvalue weighted by Gasteiger charge is 2.23. The molecule has 8 aromatic carbocycles. The van der Waals surface area contributed by atoms with E-state index in [2.05, 4.69) is 180 Å². The number of aliphatic imine (C=N–C) groups is 2. The van der Waals surface area contributed by atoms with E-state index in [0.717, 1.165) is 55.7 Å². The summed E-state index contributed by atoms with van der Waals surface area (Å²) in [4.78, 5) is 10.3. The van der Waals surface area contributed by atoms with Crippen LogP contribution in [-0.2, 0) is 0 Å². The summed E-state index contributed by atoms with van der Waals surface area (Å²) in [6.07, 6.45) is -0.291. The molecule has 6 heteroatoms. The third-order valence-electron chi connectivity index (χ3n) is 11.3. The van der Waals surface area contributed by atoms with Crippen LogP contribution < -0.4 is 5.32 Å². The van der Waals surface area contributed by atoms with Gasteiger partial charge in [-0.15, -0.1) is 11.3 Å². The second kappa shape index (κ2) is 12.6. The average molecular weight is 749 g/mol. The number of hydrogen-bond acceptors (Lipinski definition) is 5. The number of rotatable bonds is 5. The number of amidine groups is 2. The lowest BCUT2D eigenvalue weighted by molar-refractivity contribution is 0.673. The van der Waals surface area contributed by atoms with Crippen molar-refractivity contribution in [1.29, 1.82) is 0 Å². The standard InChI is InChI=1S/C51H32N4OS/c1-2-12-32(13-3-1)49-52-50(54-51(53-49)34-26-28-35(29-27-34)55-42-18-8-4-14-36(42)37-15-5-9-19-43(37)55)33-24-22-31(23-25-33)40-30-41-38-16-6-10-20-44(38)56-47(41)46-39-17-7-11-21-45(39)57-48(40)46/h1-30,49H,(H,52,53,54). The Balaban J connectivity index is 0.952. The molecular weight excluding hydrogens is 717 g/mol. The Morgan fingerprint density at radius 2 is 1.16 bits per heavy atom. The molecule has 57 heavy (non-hydrogen) atoms. The smallest absolute Gasteiger partial charge is 0.159 e. The van der Waals surface area contributed by atoms with Gasteiger partial charge in [-0.1, -0.05) is 127 Å². The first-order valence-electron chi connectivity index (χ1n) is 19.2. The van der Waals surface area contributed by atoms with E-state index in [1.165, 1.54) is 47.5 Å². The summed E-state index contributed by atoms with van der Waals surface area (Å²) in [6, 6.07) is 64.3. The number of nitrogens with one attached hydrogen (secondary N) is 1. The van der Waals surface area contributed by atoms with Gasteiger partial charge in [0, 0.05) is 64.1 Å². The van der Waals surface area contributed by atoms with E-state index in [1.807, 2.05) is 23.5 Å². The molecule has 11 aromatic rings. The number of aromatic nitrogens is 1. The summed E-state index contributed by atoms with van der Waals surface area (Å²) >= 11 is 1.82. The van der Waals surface area contributed by atoms with Crippen LogP contribution in [0.1, 0.15) is 22.9 Å². The highest BCUT2D eigenvalue weighted by molar-refractivity contribution is 7.26. The molecule has 0 bridgehead atoms. The topological polar surface area (TPSA) is 54.8 Å². The van der Waals surface area contributed by atoms with E-state index in [4.69, 9.17) is 14.4 Å². The molecule has 0 saturated heterocycles. The van der Waals surface area contributed by atoms with Crippen LogP contribution in [0.5, 0.6) is 0 Å². The van der Waals surface area contributed by atoms with Crippen molar-refractivity contribution in [3.05, 3.63) is 199 Å². The van der Waals surface area contributed by atoms with Gasteiger partial charge < -0.3 is 14.3 Å². The Morgan fingerprint density at radius 1 is 0.544 bits per heavy atom. The van der Waals surface area contributed by atoms with Gasteiger partial charge in [-0.2, -0.15) is 0 Å². The van der Waals surface area contributed by atoms with Crippen LogP contribution in [0.15, 0.2) is 196 Å². The Bertz CT molecular complexity index is 3370. The highest BCUT2D eigenvalue weighted by Crippen LogP contribution is 2.46. The molecule has 1 aliphatic rings. The van der Waals surface area contributed by atoms with Crippen molar-refractivity contribution in [2.24, 2.45) is 9.98 Å². The van der Waals surface area contributed by atoms with Crippen molar-refractivity contribution in [3.63, 3.8) is 0 Å². The summed E-state index contributed by atoms with van der Waals surface area (Å²) in [6.45, 7) is 0. The van der Waals surface area contributed by atoms with E-state index in [-0.39, 0.29) is 6.17 Å². The van der Waals surface area contributed by atoms with Crippen molar-refractivity contribution >= 4 is 86.9 Å². The molecule has 12 rings (SSSR count). The lowest BCUT2D eigenvalue weighted by Gasteiger charge is -2.24. The molecule has 0 fully saturated rings. The zero-order valence-electron chi connectivity index (χ0n) is 30.6.